The molecule has 1 unspecified atom stereocenters. The molecular formula is C15H33NO5S. The molecule has 1 atom stereocenters. The van der Waals surface area contributed by atoms with E-state index in [-0.39, 0.29) is 11.5 Å². The van der Waals surface area contributed by atoms with E-state index in [1.54, 1.807) is 0 Å². The molecular weight excluding hydrogens is 306 g/mol. The quantitative estimate of drug-likeness (QED) is 0.237. The standard InChI is InChI=1S/C15H33NO5S/c1-14(2)21-13-12-20-11-10-19-9-8-18-7-6-17-5-4-16-15(3)22/h14-16,22H,4-13H2,1-3H3. The van der Waals surface area contributed by atoms with Crippen LogP contribution in [0.15, 0.2) is 0 Å². The first-order valence-corrected chi connectivity index (χ1v) is 8.48. The molecule has 22 heavy (non-hydrogen) atoms. The van der Waals surface area contributed by atoms with E-state index in [0.29, 0.717) is 59.5 Å². The van der Waals surface area contributed by atoms with Gasteiger partial charge in [0.05, 0.1) is 65.6 Å². The topological polar surface area (TPSA) is 58.2 Å². The number of ether oxygens (including phenoxy) is 5. The molecule has 0 spiro atoms. The van der Waals surface area contributed by atoms with E-state index in [0.717, 1.165) is 6.54 Å². The van der Waals surface area contributed by atoms with E-state index < -0.39 is 0 Å². The van der Waals surface area contributed by atoms with E-state index in [2.05, 4.69) is 17.9 Å². The first-order valence-electron chi connectivity index (χ1n) is 7.97. The highest BCUT2D eigenvalue weighted by atomic mass is 32.1. The molecule has 7 heteroatoms. The molecule has 0 bridgehead atoms. The van der Waals surface area contributed by atoms with Gasteiger partial charge < -0.3 is 29.0 Å². The SMILES string of the molecule is CC(S)NCCOCCOCCOCCOCCOC(C)C. The normalized spacial score (nSPS) is 13.0. The summed E-state index contributed by atoms with van der Waals surface area (Å²) >= 11 is 4.21. The maximum atomic E-state index is 5.39. The summed E-state index contributed by atoms with van der Waals surface area (Å²) in [6, 6.07) is 0. The molecule has 0 saturated carbocycles. The van der Waals surface area contributed by atoms with Gasteiger partial charge in [0, 0.05) is 11.9 Å². The van der Waals surface area contributed by atoms with Crippen LogP contribution in [0.25, 0.3) is 0 Å². The van der Waals surface area contributed by atoms with Crippen molar-refractivity contribution in [1.82, 2.24) is 5.32 Å². The van der Waals surface area contributed by atoms with Gasteiger partial charge in [-0.15, -0.1) is 0 Å². The second kappa shape index (κ2) is 17.5. The number of hydrogen-bond donors (Lipinski definition) is 2. The monoisotopic (exact) mass is 339 g/mol. The third-order valence-electron chi connectivity index (χ3n) is 2.48. The Labute approximate surface area is 140 Å². The van der Waals surface area contributed by atoms with Crippen LogP contribution in [0.5, 0.6) is 0 Å². The highest BCUT2D eigenvalue weighted by Crippen LogP contribution is 1.88. The first kappa shape index (κ1) is 22.1. The van der Waals surface area contributed by atoms with Gasteiger partial charge in [-0.05, 0) is 20.8 Å². The molecule has 0 heterocycles. The van der Waals surface area contributed by atoms with Gasteiger partial charge in [-0.3, -0.25) is 0 Å². The molecule has 0 aliphatic carbocycles. The maximum absolute atomic E-state index is 5.39. The lowest BCUT2D eigenvalue weighted by molar-refractivity contribution is -0.0174. The van der Waals surface area contributed by atoms with Gasteiger partial charge in [0.2, 0.25) is 0 Å². The Hall–Kier alpha value is 0.110. The fraction of sp³-hybridized carbons (Fsp3) is 1.00. The molecule has 0 aromatic heterocycles. The Morgan fingerprint density at radius 3 is 1.50 bits per heavy atom. The molecule has 134 valence electrons. The number of hydrogen-bond acceptors (Lipinski definition) is 7. The summed E-state index contributed by atoms with van der Waals surface area (Å²) in [5, 5.41) is 3.35. The third kappa shape index (κ3) is 20.1. The zero-order chi connectivity index (χ0) is 16.5. The van der Waals surface area contributed by atoms with Crippen LogP contribution < -0.4 is 5.32 Å². The van der Waals surface area contributed by atoms with Crippen molar-refractivity contribution in [2.24, 2.45) is 0 Å². The predicted octanol–water partition coefficient (Wildman–Crippen LogP) is 1.34. The van der Waals surface area contributed by atoms with Gasteiger partial charge in [0.15, 0.2) is 0 Å². The molecule has 0 saturated heterocycles. The van der Waals surface area contributed by atoms with E-state index in [1.165, 1.54) is 0 Å². The lowest BCUT2D eigenvalue weighted by atomic mass is 10.5. The Kier molecular flexibility index (Phi) is 17.6. The zero-order valence-electron chi connectivity index (χ0n) is 14.2. The summed E-state index contributed by atoms with van der Waals surface area (Å²) in [6.07, 6.45) is 0.254. The Morgan fingerprint density at radius 1 is 0.682 bits per heavy atom. The van der Waals surface area contributed by atoms with Crippen LogP contribution in [0.3, 0.4) is 0 Å². The van der Waals surface area contributed by atoms with Crippen molar-refractivity contribution in [2.45, 2.75) is 32.2 Å². The molecule has 0 aliphatic heterocycles. The van der Waals surface area contributed by atoms with E-state index >= 15 is 0 Å². The van der Waals surface area contributed by atoms with Crippen molar-refractivity contribution < 1.29 is 23.7 Å². The second-order valence-electron chi connectivity index (χ2n) is 5.00. The summed E-state index contributed by atoms with van der Waals surface area (Å²) in [6.45, 7) is 12.2. The molecule has 0 fully saturated rings. The van der Waals surface area contributed by atoms with Crippen LogP contribution in [-0.4, -0.2) is 77.5 Å². The Balaban J connectivity index is 2.97. The van der Waals surface area contributed by atoms with Crippen molar-refractivity contribution >= 4 is 12.6 Å². The largest absolute Gasteiger partial charge is 0.378 e. The predicted molar refractivity (Wildman–Crippen MR) is 90.8 cm³/mol. The van der Waals surface area contributed by atoms with E-state index in [4.69, 9.17) is 23.7 Å². The average Bonchev–Trinajstić information content (AvgIpc) is 2.46. The van der Waals surface area contributed by atoms with Crippen molar-refractivity contribution in [2.75, 3.05) is 66.0 Å². The first-order chi connectivity index (χ1) is 10.6. The summed E-state index contributed by atoms with van der Waals surface area (Å²) in [5.74, 6) is 0. The number of thiol groups is 1. The maximum Gasteiger partial charge on any atom is 0.0703 e. The molecule has 6 nitrogen and oxygen atoms in total. The lowest BCUT2D eigenvalue weighted by Crippen LogP contribution is -2.25. The van der Waals surface area contributed by atoms with E-state index in [1.807, 2.05) is 20.8 Å². The van der Waals surface area contributed by atoms with Crippen LogP contribution in [0.4, 0.5) is 0 Å². The second-order valence-corrected chi connectivity index (χ2v) is 5.77. The minimum Gasteiger partial charge on any atom is -0.378 e. The Morgan fingerprint density at radius 2 is 1.09 bits per heavy atom. The van der Waals surface area contributed by atoms with Crippen molar-refractivity contribution in [1.29, 1.82) is 0 Å². The van der Waals surface area contributed by atoms with Crippen LogP contribution in [-0.2, 0) is 23.7 Å². The molecule has 1 N–H and O–H groups in total. The van der Waals surface area contributed by atoms with Crippen LogP contribution in [0.2, 0.25) is 0 Å². The lowest BCUT2D eigenvalue weighted by Gasteiger charge is -2.09. The highest BCUT2D eigenvalue weighted by Gasteiger charge is 1.95. The number of nitrogens with one attached hydrogen (secondary N) is 1. The summed E-state index contributed by atoms with van der Waals surface area (Å²) < 4.78 is 26.9. The van der Waals surface area contributed by atoms with Crippen molar-refractivity contribution in [3.05, 3.63) is 0 Å². The van der Waals surface area contributed by atoms with E-state index in [9.17, 15) is 0 Å². The van der Waals surface area contributed by atoms with Gasteiger partial charge in [0.1, 0.15) is 0 Å². The van der Waals surface area contributed by atoms with Crippen molar-refractivity contribution in [3.63, 3.8) is 0 Å². The third-order valence-corrected chi connectivity index (χ3v) is 2.66. The number of rotatable bonds is 17. The summed E-state index contributed by atoms with van der Waals surface area (Å²) in [5.41, 5.74) is 0. The van der Waals surface area contributed by atoms with Crippen LogP contribution in [0, 0.1) is 0 Å². The Bertz CT molecular complexity index is 198. The fourth-order valence-electron chi connectivity index (χ4n) is 1.44. The van der Waals surface area contributed by atoms with Gasteiger partial charge in [0.25, 0.3) is 0 Å². The zero-order valence-corrected chi connectivity index (χ0v) is 15.1. The van der Waals surface area contributed by atoms with Gasteiger partial charge in [-0.1, -0.05) is 0 Å². The molecule has 0 aromatic rings. The summed E-state index contributed by atoms with van der Waals surface area (Å²) in [4.78, 5) is 0. The molecule has 0 radical (unpaired) electrons. The fourth-order valence-corrected chi connectivity index (χ4v) is 1.57. The molecule has 0 aliphatic rings. The van der Waals surface area contributed by atoms with Gasteiger partial charge in [-0.25, -0.2) is 0 Å². The molecule has 0 aromatic carbocycles. The molecule has 0 amide bonds. The highest BCUT2D eigenvalue weighted by molar-refractivity contribution is 7.80. The average molecular weight is 339 g/mol. The molecule has 0 rings (SSSR count). The van der Waals surface area contributed by atoms with Crippen LogP contribution in [0.1, 0.15) is 20.8 Å². The minimum absolute atomic E-state index is 0.198. The van der Waals surface area contributed by atoms with Gasteiger partial charge in [-0.2, -0.15) is 12.6 Å². The van der Waals surface area contributed by atoms with Crippen LogP contribution >= 0.6 is 12.6 Å². The smallest absolute Gasteiger partial charge is 0.0703 e. The summed E-state index contributed by atoms with van der Waals surface area (Å²) in [7, 11) is 0. The van der Waals surface area contributed by atoms with Crippen molar-refractivity contribution in [3.8, 4) is 0 Å². The minimum atomic E-state index is 0.198. The van der Waals surface area contributed by atoms with Gasteiger partial charge >= 0.3 is 0 Å².